The first-order valence-electron chi connectivity index (χ1n) is 5.71. The topological polar surface area (TPSA) is 46.9 Å². The Bertz CT molecular complexity index is 464. The van der Waals surface area contributed by atoms with Crippen LogP contribution in [-0.4, -0.2) is 18.7 Å². The van der Waals surface area contributed by atoms with E-state index >= 15 is 0 Å². The number of hydrogen-bond donors (Lipinski definition) is 1. The fraction of sp³-hybridized carbons (Fsp3) is 0.727. The molecular formula is C11H18BrN3OS. The van der Waals surface area contributed by atoms with E-state index in [9.17, 15) is 4.21 Å². The molecule has 96 valence electrons. The van der Waals surface area contributed by atoms with Crippen molar-refractivity contribution in [2.75, 3.05) is 0 Å². The number of rotatable bonds is 2. The number of fused-ring (bicyclic) bond motifs is 1. The molecule has 0 amide bonds. The van der Waals surface area contributed by atoms with E-state index in [1.807, 2.05) is 32.4 Å². The van der Waals surface area contributed by atoms with Gasteiger partial charge in [-0.25, -0.2) is 8.93 Å². The van der Waals surface area contributed by atoms with Crippen molar-refractivity contribution in [3.05, 3.63) is 15.9 Å². The summed E-state index contributed by atoms with van der Waals surface area (Å²) in [6.07, 6.45) is 0.947. The zero-order chi connectivity index (χ0) is 12.8. The summed E-state index contributed by atoms with van der Waals surface area (Å²) < 4.78 is 18.1. The second-order valence-corrected chi connectivity index (χ2v) is 8.14. The van der Waals surface area contributed by atoms with Crippen LogP contribution in [0, 0.1) is 6.92 Å². The highest BCUT2D eigenvalue weighted by atomic mass is 79.9. The van der Waals surface area contributed by atoms with Crippen LogP contribution in [0.1, 0.15) is 44.6 Å². The highest BCUT2D eigenvalue weighted by molar-refractivity contribution is 9.10. The van der Waals surface area contributed by atoms with Gasteiger partial charge in [-0.05, 0) is 50.0 Å². The average Bonchev–Trinajstić information content (AvgIpc) is 2.69. The fourth-order valence-corrected chi connectivity index (χ4v) is 3.29. The van der Waals surface area contributed by atoms with Crippen LogP contribution in [0.5, 0.6) is 0 Å². The lowest BCUT2D eigenvalue weighted by Crippen LogP contribution is -2.35. The summed E-state index contributed by atoms with van der Waals surface area (Å²) in [7, 11) is -1.05. The molecule has 1 N–H and O–H groups in total. The highest BCUT2D eigenvalue weighted by Gasteiger charge is 2.31. The third-order valence-electron chi connectivity index (χ3n) is 2.86. The Hall–Kier alpha value is -0.200. The van der Waals surface area contributed by atoms with Gasteiger partial charge in [0.2, 0.25) is 0 Å². The second-order valence-electron chi connectivity index (χ2n) is 5.35. The molecule has 0 aromatic carbocycles. The molecule has 0 aliphatic carbocycles. The van der Waals surface area contributed by atoms with E-state index in [0.717, 1.165) is 28.8 Å². The average molecular weight is 320 g/mol. The van der Waals surface area contributed by atoms with Crippen molar-refractivity contribution < 1.29 is 4.21 Å². The molecule has 1 unspecified atom stereocenters. The molecule has 0 spiro atoms. The van der Waals surface area contributed by atoms with Gasteiger partial charge >= 0.3 is 0 Å². The molecule has 2 atom stereocenters. The summed E-state index contributed by atoms with van der Waals surface area (Å²) >= 11 is 3.56. The minimum atomic E-state index is -1.05. The van der Waals surface area contributed by atoms with E-state index in [0.29, 0.717) is 0 Å². The molecule has 4 nitrogen and oxygen atoms in total. The second kappa shape index (κ2) is 4.48. The van der Waals surface area contributed by atoms with Crippen LogP contribution >= 0.6 is 15.9 Å². The lowest BCUT2D eigenvalue weighted by Gasteiger charge is -2.21. The number of hydrogen-bond acceptors (Lipinski definition) is 2. The van der Waals surface area contributed by atoms with Gasteiger partial charge in [-0.3, -0.25) is 4.68 Å². The van der Waals surface area contributed by atoms with Crippen molar-refractivity contribution in [1.82, 2.24) is 14.5 Å². The van der Waals surface area contributed by atoms with E-state index in [-0.39, 0.29) is 10.8 Å². The summed E-state index contributed by atoms with van der Waals surface area (Å²) in [6.45, 7) is 8.79. The van der Waals surface area contributed by atoms with Gasteiger partial charge in [0.15, 0.2) is 0 Å². The van der Waals surface area contributed by atoms with Crippen LogP contribution in [0.15, 0.2) is 4.47 Å². The van der Waals surface area contributed by atoms with Crippen LogP contribution in [-0.2, 0) is 17.5 Å². The van der Waals surface area contributed by atoms with E-state index < -0.39 is 11.0 Å². The number of nitrogens with zero attached hydrogens (tertiary/aromatic N) is 2. The van der Waals surface area contributed by atoms with Crippen LogP contribution in [0.3, 0.4) is 0 Å². The van der Waals surface area contributed by atoms with E-state index in [4.69, 9.17) is 0 Å². The largest absolute Gasteiger partial charge is 0.266 e. The third-order valence-corrected chi connectivity index (χ3v) is 5.45. The van der Waals surface area contributed by atoms with Gasteiger partial charge in [0.1, 0.15) is 0 Å². The maximum absolute atomic E-state index is 12.1. The van der Waals surface area contributed by atoms with Crippen molar-refractivity contribution >= 4 is 26.9 Å². The Morgan fingerprint density at radius 2 is 2.18 bits per heavy atom. The van der Waals surface area contributed by atoms with Gasteiger partial charge < -0.3 is 0 Å². The number of nitrogens with one attached hydrogen (secondary N) is 1. The Kier molecular flexibility index (Phi) is 3.49. The minimum Gasteiger partial charge on any atom is -0.266 e. The maximum atomic E-state index is 12.1. The quantitative estimate of drug-likeness (QED) is 0.910. The lowest BCUT2D eigenvalue weighted by molar-refractivity contribution is 0.586. The molecule has 1 aliphatic heterocycles. The first-order chi connectivity index (χ1) is 7.80. The molecule has 1 aromatic rings. The van der Waals surface area contributed by atoms with Gasteiger partial charge in [-0.2, -0.15) is 5.10 Å². The molecule has 0 radical (unpaired) electrons. The van der Waals surface area contributed by atoms with Gasteiger partial charge in [-0.15, -0.1) is 0 Å². The number of aromatic nitrogens is 2. The minimum absolute atomic E-state index is 0.130. The molecule has 2 heterocycles. The summed E-state index contributed by atoms with van der Waals surface area (Å²) in [5.41, 5.74) is 2.12. The SMILES string of the molecule is Cc1nn2c(c1Br)C(N[S@](=O)C(C)(C)C)CC2. The first kappa shape index (κ1) is 13.2. The summed E-state index contributed by atoms with van der Waals surface area (Å²) in [4.78, 5) is 0. The Labute approximate surface area is 113 Å². The van der Waals surface area contributed by atoms with Crippen molar-refractivity contribution in [1.29, 1.82) is 0 Å². The van der Waals surface area contributed by atoms with E-state index in [1.165, 1.54) is 0 Å². The van der Waals surface area contributed by atoms with Crippen molar-refractivity contribution in [3.63, 3.8) is 0 Å². The Morgan fingerprint density at radius 3 is 2.76 bits per heavy atom. The molecule has 6 heteroatoms. The monoisotopic (exact) mass is 319 g/mol. The van der Waals surface area contributed by atoms with Crippen LogP contribution in [0.25, 0.3) is 0 Å². The van der Waals surface area contributed by atoms with Crippen LogP contribution in [0.2, 0.25) is 0 Å². The zero-order valence-corrected chi connectivity index (χ0v) is 13.0. The van der Waals surface area contributed by atoms with Gasteiger partial charge in [0.05, 0.1) is 37.6 Å². The summed E-state index contributed by atoms with van der Waals surface area (Å²) in [5, 5.41) is 4.44. The maximum Gasteiger partial charge on any atom is 0.0976 e. The zero-order valence-electron chi connectivity index (χ0n) is 10.6. The predicted octanol–water partition coefficient (Wildman–Crippen LogP) is 2.45. The van der Waals surface area contributed by atoms with E-state index in [1.54, 1.807) is 0 Å². The van der Waals surface area contributed by atoms with Gasteiger partial charge in [0.25, 0.3) is 0 Å². The Morgan fingerprint density at radius 1 is 1.53 bits per heavy atom. The van der Waals surface area contributed by atoms with Gasteiger partial charge in [-0.1, -0.05) is 0 Å². The molecule has 0 saturated heterocycles. The standard InChI is InChI=1S/C11H18BrN3OS/c1-7-9(12)10-8(5-6-15(10)13-7)14-17(16)11(2,3)4/h8,14H,5-6H2,1-4H3/t8?,17-/m1/s1. The molecule has 0 fully saturated rings. The molecule has 2 rings (SSSR count). The van der Waals surface area contributed by atoms with E-state index in [2.05, 4.69) is 25.8 Å². The molecular weight excluding hydrogens is 302 g/mol. The Balaban J connectivity index is 2.20. The van der Waals surface area contributed by atoms with Crippen molar-refractivity contribution in [2.24, 2.45) is 0 Å². The lowest BCUT2D eigenvalue weighted by atomic mass is 10.2. The van der Waals surface area contributed by atoms with Gasteiger partial charge in [0, 0.05) is 6.54 Å². The smallest absolute Gasteiger partial charge is 0.0976 e. The summed E-state index contributed by atoms with van der Waals surface area (Å²) in [6, 6.07) is 0.130. The van der Waals surface area contributed by atoms with Crippen LogP contribution < -0.4 is 4.72 Å². The third kappa shape index (κ3) is 2.48. The molecule has 17 heavy (non-hydrogen) atoms. The fourth-order valence-electron chi connectivity index (χ4n) is 1.89. The van der Waals surface area contributed by atoms with Crippen molar-refractivity contribution in [3.8, 4) is 0 Å². The van der Waals surface area contributed by atoms with Crippen LogP contribution in [0.4, 0.5) is 0 Å². The molecule has 1 aliphatic rings. The summed E-state index contributed by atoms with van der Waals surface area (Å²) in [5.74, 6) is 0. The molecule has 1 aromatic heterocycles. The highest BCUT2D eigenvalue weighted by Crippen LogP contribution is 2.34. The molecule has 0 bridgehead atoms. The number of halogens is 1. The first-order valence-corrected chi connectivity index (χ1v) is 7.66. The molecule has 0 saturated carbocycles. The number of aryl methyl sites for hydroxylation is 2. The predicted molar refractivity (Wildman–Crippen MR) is 73.1 cm³/mol. The normalized spacial score (nSPS) is 21.6. The van der Waals surface area contributed by atoms with Crippen molar-refractivity contribution in [2.45, 2.75) is 51.4 Å².